The second-order valence-electron chi connectivity index (χ2n) is 2.56. The summed E-state index contributed by atoms with van der Waals surface area (Å²) in [5.74, 6) is 0. The van der Waals surface area contributed by atoms with Gasteiger partial charge in [0.15, 0.2) is 0 Å². The largest absolute Gasteiger partial charge is 0.433 e. The van der Waals surface area contributed by atoms with Gasteiger partial charge >= 0.3 is 12.4 Å². The number of aromatic nitrogens is 1. The molecule has 1 aromatic rings. The molecule has 0 saturated heterocycles. The Hall–Kier alpha value is -0.980. The molecule has 15 heavy (non-hydrogen) atoms. The van der Waals surface area contributed by atoms with Gasteiger partial charge in [-0.2, -0.15) is 26.3 Å². The van der Waals surface area contributed by atoms with Crippen LogP contribution in [0.15, 0.2) is 12.1 Å². The quantitative estimate of drug-likeness (QED) is 0.504. The van der Waals surface area contributed by atoms with Crippen molar-refractivity contribution in [3.63, 3.8) is 0 Å². The molecule has 0 saturated carbocycles. The van der Waals surface area contributed by atoms with E-state index in [2.05, 4.69) is 4.98 Å². The monoisotopic (exact) mass is 249 g/mol. The third-order valence-corrected chi connectivity index (χ3v) is 1.61. The van der Waals surface area contributed by atoms with Gasteiger partial charge < -0.3 is 0 Å². The Labute approximate surface area is 84.7 Å². The zero-order valence-electron chi connectivity index (χ0n) is 6.75. The topological polar surface area (TPSA) is 12.9 Å². The van der Waals surface area contributed by atoms with Crippen LogP contribution in [0.5, 0.6) is 0 Å². The lowest BCUT2D eigenvalue weighted by Crippen LogP contribution is -2.12. The molecule has 0 aliphatic carbocycles. The van der Waals surface area contributed by atoms with E-state index in [4.69, 9.17) is 11.6 Å². The van der Waals surface area contributed by atoms with Crippen molar-refractivity contribution in [3.05, 3.63) is 28.5 Å². The number of alkyl halides is 6. The highest BCUT2D eigenvalue weighted by atomic mass is 35.5. The maximum atomic E-state index is 12.1. The highest BCUT2D eigenvalue weighted by molar-refractivity contribution is 6.29. The number of pyridine rings is 1. The van der Waals surface area contributed by atoms with E-state index in [1.807, 2.05) is 0 Å². The fraction of sp³-hybridized carbons (Fsp3) is 0.286. The molecule has 0 N–H and O–H groups in total. The third-order valence-electron chi connectivity index (χ3n) is 1.41. The van der Waals surface area contributed by atoms with Gasteiger partial charge in [0.1, 0.15) is 10.8 Å². The van der Waals surface area contributed by atoms with Crippen LogP contribution < -0.4 is 0 Å². The van der Waals surface area contributed by atoms with E-state index in [9.17, 15) is 26.3 Å². The molecule has 0 aliphatic rings. The van der Waals surface area contributed by atoms with Gasteiger partial charge in [0, 0.05) is 0 Å². The second-order valence-corrected chi connectivity index (χ2v) is 2.95. The van der Waals surface area contributed by atoms with Crippen molar-refractivity contribution in [1.82, 2.24) is 4.98 Å². The van der Waals surface area contributed by atoms with Crippen LogP contribution in [0.25, 0.3) is 0 Å². The van der Waals surface area contributed by atoms with Gasteiger partial charge in [-0.05, 0) is 12.1 Å². The Morgan fingerprint density at radius 3 is 1.87 bits per heavy atom. The summed E-state index contributed by atoms with van der Waals surface area (Å²) < 4.78 is 72.4. The first-order valence-electron chi connectivity index (χ1n) is 3.42. The maximum absolute atomic E-state index is 12.1. The van der Waals surface area contributed by atoms with Crippen LogP contribution in [0.3, 0.4) is 0 Å². The van der Waals surface area contributed by atoms with Gasteiger partial charge in [-0.3, -0.25) is 0 Å². The van der Waals surface area contributed by atoms with Crippen molar-refractivity contribution in [2.24, 2.45) is 0 Å². The molecule has 1 aromatic heterocycles. The van der Waals surface area contributed by atoms with E-state index in [-0.39, 0.29) is 6.07 Å². The van der Waals surface area contributed by atoms with Crippen molar-refractivity contribution in [3.8, 4) is 0 Å². The number of hydrogen-bond donors (Lipinski definition) is 0. The maximum Gasteiger partial charge on any atom is 0.433 e. The Morgan fingerprint density at radius 2 is 1.47 bits per heavy atom. The van der Waals surface area contributed by atoms with Gasteiger partial charge in [0.2, 0.25) is 0 Å². The van der Waals surface area contributed by atoms with Gasteiger partial charge in [-0.1, -0.05) is 11.6 Å². The van der Waals surface area contributed by atoms with E-state index in [0.29, 0.717) is 6.07 Å². The van der Waals surface area contributed by atoms with Crippen LogP contribution in [-0.4, -0.2) is 4.98 Å². The summed E-state index contributed by atoms with van der Waals surface area (Å²) in [5.41, 5.74) is -3.14. The smallest absolute Gasteiger partial charge is 0.232 e. The van der Waals surface area contributed by atoms with Gasteiger partial charge in [0.05, 0.1) is 5.56 Å². The molecule has 0 aliphatic heterocycles. The number of hydrogen-bond acceptors (Lipinski definition) is 1. The van der Waals surface area contributed by atoms with Crippen molar-refractivity contribution in [2.75, 3.05) is 0 Å². The predicted molar refractivity (Wildman–Crippen MR) is 39.3 cm³/mol. The zero-order chi connectivity index (χ0) is 11.9. The van der Waals surface area contributed by atoms with Crippen molar-refractivity contribution in [1.29, 1.82) is 0 Å². The van der Waals surface area contributed by atoms with E-state index < -0.39 is 28.8 Å². The first kappa shape index (κ1) is 12.1. The molecule has 1 nitrogen and oxygen atoms in total. The Kier molecular flexibility index (Phi) is 2.86. The number of halogens is 7. The number of rotatable bonds is 0. The Balaban J connectivity index is 3.30. The van der Waals surface area contributed by atoms with Crippen molar-refractivity contribution < 1.29 is 26.3 Å². The van der Waals surface area contributed by atoms with Crippen molar-refractivity contribution in [2.45, 2.75) is 12.4 Å². The Bertz CT molecular complexity index is 336. The molecule has 1 rings (SSSR count). The first-order valence-corrected chi connectivity index (χ1v) is 3.80. The molecule has 8 heteroatoms. The molecule has 84 valence electrons. The lowest BCUT2D eigenvalue weighted by molar-refractivity contribution is -0.145. The summed E-state index contributed by atoms with van der Waals surface area (Å²) >= 11 is 5.05. The average molecular weight is 250 g/mol. The summed E-state index contributed by atoms with van der Waals surface area (Å²) in [6.45, 7) is 0. The van der Waals surface area contributed by atoms with Crippen LogP contribution in [0.4, 0.5) is 26.3 Å². The molecule has 0 amide bonds. The van der Waals surface area contributed by atoms with Crippen LogP contribution in [0.1, 0.15) is 11.3 Å². The predicted octanol–water partition coefficient (Wildman–Crippen LogP) is 3.77. The molecule has 0 unspecified atom stereocenters. The molecule has 0 atom stereocenters. The summed E-state index contributed by atoms with van der Waals surface area (Å²) in [4.78, 5) is 2.76. The molecular weight excluding hydrogens is 248 g/mol. The third kappa shape index (κ3) is 2.98. The molecule has 1 heterocycles. The molecule has 0 fully saturated rings. The van der Waals surface area contributed by atoms with Crippen LogP contribution in [0.2, 0.25) is 5.15 Å². The van der Waals surface area contributed by atoms with Crippen LogP contribution in [-0.2, 0) is 12.4 Å². The van der Waals surface area contributed by atoms with Crippen LogP contribution >= 0.6 is 11.6 Å². The lowest BCUT2D eigenvalue weighted by atomic mass is 10.2. The SMILES string of the molecule is FC(F)(F)c1cc(Cl)nc(C(F)(F)F)c1. The van der Waals surface area contributed by atoms with Crippen LogP contribution in [0, 0.1) is 0 Å². The summed E-state index contributed by atoms with van der Waals surface area (Å²) in [6.07, 6.45) is -9.84. The number of nitrogens with zero attached hydrogens (tertiary/aromatic N) is 1. The minimum Gasteiger partial charge on any atom is -0.232 e. The molecule has 0 spiro atoms. The molecule has 0 radical (unpaired) electrons. The zero-order valence-corrected chi connectivity index (χ0v) is 7.50. The second kappa shape index (κ2) is 3.55. The van der Waals surface area contributed by atoms with Gasteiger partial charge in [0.25, 0.3) is 0 Å². The minimum absolute atomic E-state index is 0.0914. The van der Waals surface area contributed by atoms with E-state index in [0.717, 1.165) is 0 Å². The standard InChI is InChI=1S/C7H2ClF6N/c8-5-2-3(6(9,10)11)1-4(15-5)7(12,13)14/h1-2H. The molecule has 0 bridgehead atoms. The van der Waals surface area contributed by atoms with E-state index >= 15 is 0 Å². The molecular formula is C7H2ClF6N. The average Bonchev–Trinajstić information content (AvgIpc) is 1.99. The van der Waals surface area contributed by atoms with E-state index in [1.165, 1.54) is 0 Å². The van der Waals surface area contributed by atoms with Gasteiger partial charge in [-0.25, -0.2) is 4.98 Å². The molecule has 0 aromatic carbocycles. The fourth-order valence-electron chi connectivity index (χ4n) is 0.806. The van der Waals surface area contributed by atoms with Crippen molar-refractivity contribution >= 4 is 11.6 Å². The fourth-order valence-corrected chi connectivity index (χ4v) is 1.01. The summed E-state index contributed by atoms with van der Waals surface area (Å²) in [6, 6.07) is 0.239. The summed E-state index contributed by atoms with van der Waals surface area (Å²) in [7, 11) is 0. The first-order chi connectivity index (χ1) is 6.60. The Morgan fingerprint density at radius 1 is 0.933 bits per heavy atom. The minimum atomic E-state index is -4.95. The lowest BCUT2D eigenvalue weighted by Gasteiger charge is -2.10. The normalized spacial score (nSPS) is 13.0. The summed E-state index contributed by atoms with van der Waals surface area (Å²) in [5, 5.41) is -0.850. The highest BCUT2D eigenvalue weighted by Gasteiger charge is 2.38. The van der Waals surface area contributed by atoms with E-state index in [1.54, 1.807) is 0 Å². The highest BCUT2D eigenvalue weighted by Crippen LogP contribution is 2.35. The van der Waals surface area contributed by atoms with Gasteiger partial charge in [-0.15, -0.1) is 0 Å².